The topological polar surface area (TPSA) is 152 Å². The number of amides is 2. The Kier molecular flexibility index (Phi) is 18.2. The number of hydrogen-bond acceptors (Lipinski definition) is 10. The van der Waals surface area contributed by atoms with Crippen LogP contribution in [-0.4, -0.2) is 146 Å². The lowest BCUT2D eigenvalue weighted by molar-refractivity contribution is -0.0950. The lowest BCUT2D eigenvalue weighted by Crippen LogP contribution is -2.55. The Labute approximate surface area is 433 Å². The fraction of sp³-hybridized carbons (Fsp3) is 0.963. The number of ether oxygens (including phenoxy) is 4. The zero-order valence-corrected chi connectivity index (χ0v) is 47.7. The normalized spacial score (nSPS) is 35.3. The quantitative estimate of drug-likeness (QED) is 0.185. The molecule has 2 amide bonds. The molecule has 0 spiro atoms. The molecule has 18 heteroatoms. The summed E-state index contributed by atoms with van der Waals surface area (Å²) in [5, 5.41) is -3.67. The van der Waals surface area contributed by atoms with Crippen LogP contribution >= 0.6 is 0 Å². The first-order valence-electron chi connectivity index (χ1n) is 28.1. The van der Waals surface area contributed by atoms with E-state index in [-0.39, 0.29) is 53.3 Å². The molecule has 10 fully saturated rings. The maximum atomic E-state index is 13.3. The van der Waals surface area contributed by atoms with E-state index >= 15 is 0 Å². The molecule has 416 valence electrons. The van der Waals surface area contributed by atoms with Gasteiger partial charge in [-0.2, -0.15) is 17.4 Å². The van der Waals surface area contributed by atoms with E-state index in [0.717, 1.165) is 108 Å². The molecule has 0 aromatic rings. The number of likely N-dealkylation sites (tertiary alicyclic amines) is 1. The number of piperidine rings is 3. The van der Waals surface area contributed by atoms with E-state index in [4.69, 9.17) is 18.9 Å². The van der Waals surface area contributed by atoms with Crippen LogP contribution in [0, 0.1) is 59.2 Å². The number of methoxy groups -OCH3 is 1. The molecule has 8 aliphatic heterocycles. The zero-order chi connectivity index (χ0) is 52.9. The molecule has 9 atom stereocenters. The Morgan fingerprint density at radius 3 is 1.47 bits per heavy atom. The average molecular weight is 1060 g/mol. The molecule has 0 radical (unpaired) electrons. The van der Waals surface area contributed by atoms with Gasteiger partial charge in [0.2, 0.25) is 10.0 Å². The SMILES string of the molecule is CC(C)C1C2COCC1CN(C(=O)OC1(C)CC1)C2.CC(C)C1CC2CCC(C1)N2S(=O)(=O)C(C)(F)F.CC(C)[C@@H]1CC2CCC1N2C(=O)OC1(C)CC1.COCCS(=O)(=O)N1C2CCC1CC(C(C)C)C2. The molecular formula is C54H94F2N4O10S2. The fourth-order valence-electron chi connectivity index (χ4n) is 14.1. The van der Waals surface area contributed by atoms with Gasteiger partial charge in [-0.1, -0.05) is 55.4 Å². The van der Waals surface area contributed by atoms with Crippen LogP contribution in [0.5, 0.6) is 0 Å². The van der Waals surface area contributed by atoms with Gasteiger partial charge in [0.05, 0.1) is 25.6 Å². The highest BCUT2D eigenvalue weighted by Crippen LogP contribution is 2.49. The van der Waals surface area contributed by atoms with Gasteiger partial charge < -0.3 is 28.7 Å². The van der Waals surface area contributed by atoms with Crippen LogP contribution in [0.1, 0.15) is 172 Å². The van der Waals surface area contributed by atoms with Crippen molar-refractivity contribution in [3.8, 4) is 0 Å². The highest BCUT2D eigenvalue weighted by atomic mass is 32.2. The van der Waals surface area contributed by atoms with Crippen molar-refractivity contribution in [3.05, 3.63) is 0 Å². The average Bonchev–Trinajstić information content (AvgIpc) is 4.00. The van der Waals surface area contributed by atoms with Crippen LogP contribution in [0.15, 0.2) is 0 Å². The maximum Gasteiger partial charge on any atom is 0.410 e. The van der Waals surface area contributed by atoms with Crippen molar-refractivity contribution in [1.29, 1.82) is 0 Å². The van der Waals surface area contributed by atoms with Gasteiger partial charge in [-0.15, -0.1) is 0 Å². The molecule has 14 nitrogen and oxygen atoms in total. The van der Waals surface area contributed by atoms with Crippen LogP contribution in [0.25, 0.3) is 0 Å². The summed E-state index contributed by atoms with van der Waals surface area (Å²) < 4.78 is 99.8. The molecule has 72 heavy (non-hydrogen) atoms. The second-order valence-corrected chi connectivity index (χ2v) is 29.9. The first kappa shape index (κ1) is 57.8. The summed E-state index contributed by atoms with van der Waals surface area (Å²) in [4.78, 5) is 28.4. The number of nitrogens with zero attached hydrogens (tertiary/aromatic N) is 4. The number of hydrogen-bond donors (Lipinski definition) is 0. The first-order valence-corrected chi connectivity index (χ1v) is 31.1. The van der Waals surface area contributed by atoms with Crippen molar-refractivity contribution in [2.24, 2.45) is 59.2 Å². The summed E-state index contributed by atoms with van der Waals surface area (Å²) in [6, 6.07) is 0.979. The molecule has 10 aliphatic rings. The maximum absolute atomic E-state index is 13.3. The van der Waals surface area contributed by atoms with E-state index in [1.54, 1.807) is 7.11 Å². The van der Waals surface area contributed by atoms with Crippen LogP contribution in [0.4, 0.5) is 18.4 Å². The minimum atomic E-state index is -4.48. The van der Waals surface area contributed by atoms with E-state index in [1.165, 1.54) is 19.3 Å². The number of carbonyl (C=O) groups excluding carboxylic acids is 2. The van der Waals surface area contributed by atoms with Crippen LogP contribution in [-0.2, 0) is 39.0 Å². The molecule has 8 unspecified atom stereocenters. The van der Waals surface area contributed by atoms with E-state index in [1.807, 2.05) is 23.1 Å². The number of carbonyl (C=O) groups is 2. The number of fused-ring (bicyclic) bond motifs is 8. The van der Waals surface area contributed by atoms with Crippen molar-refractivity contribution < 1.29 is 54.2 Å². The number of rotatable bonds is 12. The molecule has 0 aromatic heterocycles. The third-order valence-electron chi connectivity index (χ3n) is 18.8. The number of halogens is 2. The summed E-state index contributed by atoms with van der Waals surface area (Å²) in [5.41, 5.74) is -0.302. The summed E-state index contributed by atoms with van der Waals surface area (Å²) in [5.74, 6) is 6.10. The van der Waals surface area contributed by atoms with Crippen molar-refractivity contribution in [2.45, 2.75) is 225 Å². The van der Waals surface area contributed by atoms with E-state index in [2.05, 4.69) is 60.3 Å². The first-order chi connectivity index (χ1) is 33.6. The third-order valence-corrected chi connectivity index (χ3v) is 22.8. The van der Waals surface area contributed by atoms with Gasteiger partial charge in [0.1, 0.15) is 11.2 Å². The highest BCUT2D eigenvalue weighted by Gasteiger charge is 2.56. The van der Waals surface area contributed by atoms with Crippen LogP contribution in [0.3, 0.4) is 0 Å². The van der Waals surface area contributed by atoms with Crippen molar-refractivity contribution in [3.63, 3.8) is 0 Å². The monoisotopic (exact) mass is 1060 g/mol. The lowest BCUT2D eigenvalue weighted by atomic mass is 9.71. The van der Waals surface area contributed by atoms with E-state index in [9.17, 15) is 35.2 Å². The Bertz CT molecular complexity index is 2040. The second kappa shape index (κ2) is 22.6. The second-order valence-electron chi connectivity index (χ2n) is 25.8. The standard InChI is InChI=1S/C15H25NO3.C14H23NO2.C13H25NO3S.C12H21F2NO2S/c1-10(2)13-11-6-16(7-12(13)9-18-8-11)14(17)19-15(3)4-5-15;1-9(2)11-8-10-4-5-12(11)15(10)13(16)17-14(3)6-7-14;1-10(2)11-8-12-4-5-13(9-11)14(12)18(15,16)7-6-17-3;1-8(2)9-6-10-4-5-11(7-9)15(10)18(16,17)12(3,13)14/h10-13H,4-9H2,1-3H3;9-12H,4-8H2,1-3H3;10-13H,4-9H2,1-3H3;8-11H,4-7H2,1-3H3/t;10?,11-,12?;;/m.0../s1. The minimum absolute atomic E-state index is 0.0411. The summed E-state index contributed by atoms with van der Waals surface area (Å²) in [7, 11) is -6.06. The molecule has 8 heterocycles. The summed E-state index contributed by atoms with van der Waals surface area (Å²) in [6.07, 6.45) is 14.6. The molecule has 8 saturated heterocycles. The van der Waals surface area contributed by atoms with Crippen molar-refractivity contribution >= 4 is 32.2 Å². The molecule has 10 rings (SSSR count). The molecule has 8 bridgehead atoms. The van der Waals surface area contributed by atoms with Gasteiger partial charge in [-0.25, -0.2) is 26.4 Å². The molecule has 2 saturated carbocycles. The predicted octanol–water partition coefficient (Wildman–Crippen LogP) is 10.4. The molecular weight excluding hydrogens is 967 g/mol. The van der Waals surface area contributed by atoms with E-state index < -0.39 is 25.3 Å². The molecule has 2 aliphatic carbocycles. The van der Waals surface area contributed by atoms with Gasteiger partial charge >= 0.3 is 17.4 Å². The van der Waals surface area contributed by atoms with E-state index in [0.29, 0.717) is 84.8 Å². The summed E-state index contributed by atoms with van der Waals surface area (Å²) >= 11 is 0. The largest absolute Gasteiger partial charge is 0.443 e. The number of sulfonamides is 2. The van der Waals surface area contributed by atoms with Gasteiger partial charge in [0.25, 0.3) is 10.0 Å². The van der Waals surface area contributed by atoms with Crippen molar-refractivity contribution in [1.82, 2.24) is 18.4 Å². The third kappa shape index (κ3) is 13.1. The minimum Gasteiger partial charge on any atom is -0.443 e. The lowest BCUT2D eigenvalue weighted by Gasteiger charge is -2.48. The Balaban J connectivity index is 0.000000141. The van der Waals surface area contributed by atoms with Gasteiger partial charge in [-0.3, -0.25) is 0 Å². The fourth-order valence-corrected chi connectivity index (χ4v) is 17.5. The zero-order valence-electron chi connectivity index (χ0n) is 46.0. The smallest absolute Gasteiger partial charge is 0.410 e. The van der Waals surface area contributed by atoms with Gasteiger partial charge in [-0.05, 0) is 158 Å². The molecule has 0 N–H and O–H groups in total. The van der Waals surface area contributed by atoms with Crippen molar-refractivity contribution in [2.75, 3.05) is 45.8 Å². The predicted molar refractivity (Wildman–Crippen MR) is 275 cm³/mol. The number of alkyl halides is 2. The summed E-state index contributed by atoms with van der Waals surface area (Å²) in [6.45, 7) is 25.9. The molecule has 0 aromatic carbocycles. The van der Waals surface area contributed by atoms with Crippen LogP contribution in [0.2, 0.25) is 0 Å². The van der Waals surface area contributed by atoms with Crippen LogP contribution < -0.4 is 0 Å². The Morgan fingerprint density at radius 2 is 1.08 bits per heavy atom. The highest BCUT2D eigenvalue weighted by molar-refractivity contribution is 7.90. The van der Waals surface area contributed by atoms with Gasteiger partial charge in [0, 0.05) is 75.2 Å². The Hall–Kier alpha value is -1.86. The Morgan fingerprint density at radius 1 is 0.639 bits per heavy atom. The van der Waals surface area contributed by atoms with Gasteiger partial charge in [0.15, 0.2) is 0 Å².